The molecule has 0 bridgehead atoms. The van der Waals surface area contributed by atoms with Crippen LogP contribution in [0.5, 0.6) is 0 Å². The van der Waals surface area contributed by atoms with Crippen molar-refractivity contribution in [1.29, 1.82) is 0 Å². The van der Waals surface area contributed by atoms with Crippen molar-refractivity contribution in [3.8, 4) is 0 Å². The molecule has 1 fully saturated rings. The molecule has 0 atom stereocenters. The lowest BCUT2D eigenvalue weighted by molar-refractivity contribution is -0.135. The fourth-order valence-corrected chi connectivity index (χ4v) is 1.59. The van der Waals surface area contributed by atoms with E-state index in [-0.39, 0.29) is 18.4 Å². The minimum Gasteiger partial charge on any atom is -0.388 e. The van der Waals surface area contributed by atoms with Gasteiger partial charge in [0.05, 0.1) is 17.7 Å². The third-order valence-corrected chi connectivity index (χ3v) is 3.49. The Kier molecular flexibility index (Phi) is 3.81. The molecule has 5 heteroatoms. The summed E-state index contributed by atoms with van der Waals surface area (Å²) in [5, 5.41) is 12.7. The van der Waals surface area contributed by atoms with Crippen LogP contribution in [0.15, 0.2) is 0 Å². The monoisotopic (exact) mass is 242 g/mol. The van der Waals surface area contributed by atoms with Crippen LogP contribution < -0.4 is 5.32 Å². The van der Waals surface area contributed by atoms with Crippen LogP contribution in [-0.4, -0.2) is 46.1 Å². The summed E-state index contributed by atoms with van der Waals surface area (Å²) < 4.78 is 0. The van der Waals surface area contributed by atoms with Gasteiger partial charge < -0.3 is 15.3 Å². The molecule has 0 aliphatic carbocycles. The highest BCUT2D eigenvalue weighted by atomic mass is 16.3. The molecule has 1 rings (SSSR count). The number of aliphatic hydroxyl groups is 1. The van der Waals surface area contributed by atoms with Crippen molar-refractivity contribution in [1.82, 2.24) is 10.2 Å². The second-order valence-corrected chi connectivity index (χ2v) is 5.65. The largest absolute Gasteiger partial charge is 0.388 e. The standard InChI is InChI=1S/C12H22N2O3/c1-11(2,12(3,4)17)13-9(15)8-14-7-5-6-10(14)16/h17H,5-8H2,1-4H3,(H,13,15). The van der Waals surface area contributed by atoms with E-state index in [0.717, 1.165) is 6.42 Å². The Morgan fingerprint density at radius 1 is 1.41 bits per heavy atom. The Morgan fingerprint density at radius 3 is 2.41 bits per heavy atom. The number of carbonyl (C=O) groups excluding carboxylic acids is 2. The van der Waals surface area contributed by atoms with E-state index >= 15 is 0 Å². The summed E-state index contributed by atoms with van der Waals surface area (Å²) in [6.45, 7) is 7.55. The van der Waals surface area contributed by atoms with Gasteiger partial charge in [-0.05, 0) is 34.1 Å². The molecular weight excluding hydrogens is 220 g/mol. The fourth-order valence-electron chi connectivity index (χ4n) is 1.59. The van der Waals surface area contributed by atoms with Crippen LogP contribution in [0.1, 0.15) is 40.5 Å². The number of rotatable bonds is 4. The summed E-state index contributed by atoms with van der Waals surface area (Å²) >= 11 is 0. The topological polar surface area (TPSA) is 69.6 Å². The van der Waals surface area contributed by atoms with Crippen molar-refractivity contribution in [3.63, 3.8) is 0 Å². The highest BCUT2D eigenvalue weighted by molar-refractivity contribution is 5.86. The van der Waals surface area contributed by atoms with Gasteiger partial charge in [0.1, 0.15) is 0 Å². The van der Waals surface area contributed by atoms with Gasteiger partial charge in [-0.25, -0.2) is 0 Å². The van der Waals surface area contributed by atoms with Gasteiger partial charge in [-0.1, -0.05) is 0 Å². The predicted molar refractivity (Wildman–Crippen MR) is 64.3 cm³/mol. The lowest BCUT2D eigenvalue weighted by Gasteiger charge is -2.38. The van der Waals surface area contributed by atoms with Crippen molar-refractivity contribution < 1.29 is 14.7 Å². The van der Waals surface area contributed by atoms with Gasteiger partial charge in [-0.15, -0.1) is 0 Å². The average molecular weight is 242 g/mol. The Bertz CT molecular complexity index is 318. The molecule has 1 heterocycles. The number of carbonyl (C=O) groups is 2. The maximum Gasteiger partial charge on any atom is 0.240 e. The van der Waals surface area contributed by atoms with Crippen molar-refractivity contribution in [2.24, 2.45) is 0 Å². The number of hydrogen-bond acceptors (Lipinski definition) is 3. The number of hydrogen-bond donors (Lipinski definition) is 2. The van der Waals surface area contributed by atoms with Crippen LogP contribution in [0, 0.1) is 0 Å². The molecule has 0 spiro atoms. The molecule has 0 unspecified atom stereocenters. The van der Waals surface area contributed by atoms with Crippen LogP contribution in [0.25, 0.3) is 0 Å². The molecule has 0 aromatic heterocycles. The maximum atomic E-state index is 11.8. The van der Waals surface area contributed by atoms with Crippen molar-refractivity contribution >= 4 is 11.8 Å². The lowest BCUT2D eigenvalue weighted by atomic mass is 9.86. The first-order chi connectivity index (χ1) is 7.63. The van der Waals surface area contributed by atoms with Gasteiger partial charge in [0.2, 0.25) is 11.8 Å². The molecule has 17 heavy (non-hydrogen) atoms. The smallest absolute Gasteiger partial charge is 0.240 e. The quantitative estimate of drug-likeness (QED) is 0.743. The summed E-state index contributed by atoms with van der Waals surface area (Å²) in [6, 6.07) is 0. The van der Waals surface area contributed by atoms with E-state index in [1.807, 2.05) is 0 Å². The van der Waals surface area contributed by atoms with Crippen LogP contribution >= 0.6 is 0 Å². The summed E-state index contributed by atoms with van der Waals surface area (Å²) in [4.78, 5) is 24.7. The second-order valence-electron chi connectivity index (χ2n) is 5.65. The SMILES string of the molecule is CC(C)(O)C(C)(C)NC(=O)CN1CCCC1=O. The first-order valence-corrected chi connectivity index (χ1v) is 5.95. The summed E-state index contributed by atoms with van der Waals surface area (Å²) in [5.74, 6) is -0.200. The summed E-state index contributed by atoms with van der Waals surface area (Å²) in [5.41, 5.74) is -1.75. The van der Waals surface area contributed by atoms with Gasteiger partial charge in [0, 0.05) is 13.0 Å². The maximum absolute atomic E-state index is 11.8. The van der Waals surface area contributed by atoms with E-state index in [1.165, 1.54) is 0 Å². The number of nitrogens with zero attached hydrogens (tertiary/aromatic N) is 1. The van der Waals surface area contributed by atoms with Crippen LogP contribution in [0.3, 0.4) is 0 Å². The molecule has 0 aromatic carbocycles. The van der Waals surface area contributed by atoms with Crippen molar-refractivity contribution in [2.45, 2.75) is 51.7 Å². The Balaban J connectivity index is 2.52. The molecular formula is C12H22N2O3. The average Bonchev–Trinajstić information content (AvgIpc) is 2.48. The Labute approximate surface area is 102 Å². The van der Waals surface area contributed by atoms with E-state index in [9.17, 15) is 14.7 Å². The summed E-state index contributed by atoms with van der Waals surface area (Å²) in [7, 11) is 0. The minimum atomic E-state index is -1.02. The van der Waals surface area contributed by atoms with Gasteiger partial charge in [-0.2, -0.15) is 0 Å². The lowest BCUT2D eigenvalue weighted by Crippen LogP contribution is -2.59. The van der Waals surface area contributed by atoms with Gasteiger partial charge in [0.15, 0.2) is 0 Å². The molecule has 0 radical (unpaired) electrons. The zero-order chi connectivity index (χ0) is 13.3. The van der Waals surface area contributed by atoms with Gasteiger partial charge >= 0.3 is 0 Å². The normalized spacial score (nSPS) is 17.5. The molecule has 1 aliphatic rings. The number of likely N-dealkylation sites (tertiary alicyclic amines) is 1. The zero-order valence-electron chi connectivity index (χ0n) is 11.0. The van der Waals surface area contributed by atoms with Crippen LogP contribution in [0.2, 0.25) is 0 Å². The Hall–Kier alpha value is -1.10. The van der Waals surface area contributed by atoms with E-state index < -0.39 is 11.1 Å². The first kappa shape index (κ1) is 14.0. The highest BCUT2D eigenvalue weighted by Crippen LogP contribution is 2.20. The molecule has 5 nitrogen and oxygen atoms in total. The molecule has 1 aliphatic heterocycles. The zero-order valence-corrected chi connectivity index (χ0v) is 11.0. The van der Waals surface area contributed by atoms with E-state index in [4.69, 9.17) is 0 Å². The second kappa shape index (κ2) is 4.64. The molecule has 0 saturated carbocycles. The summed E-state index contributed by atoms with van der Waals surface area (Å²) in [6.07, 6.45) is 1.35. The third kappa shape index (κ3) is 3.43. The fraction of sp³-hybridized carbons (Fsp3) is 0.833. The Morgan fingerprint density at radius 2 is 2.00 bits per heavy atom. The van der Waals surface area contributed by atoms with Gasteiger partial charge in [-0.3, -0.25) is 9.59 Å². The van der Waals surface area contributed by atoms with Crippen molar-refractivity contribution in [3.05, 3.63) is 0 Å². The molecule has 0 aromatic rings. The van der Waals surface area contributed by atoms with E-state index in [1.54, 1.807) is 32.6 Å². The van der Waals surface area contributed by atoms with Crippen LogP contribution in [0.4, 0.5) is 0 Å². The number of amides is 2. The van der Waals surface area contributed by atoms with E-state index in [0.29, 0.717) is 13.0 Å². The molecule has 2 N–H and O–H groups in total. The van der Waals surface area contributed by atoms with Gasteiger partial charge in [0.25, 0.3) is 0 Å². The van der Waals surface area contributed by atoms with E-state index in [2.05, 4.69) is 5.32 Å². The molecule has 1 saturated heterocycles. The molecule has 2 amide bonds. The molecule has 98 valence electrons. The van der Waals surface area contributed by atoms with Crippen LogP contribution in [-0.2, 0) is 9.59 Å². The highest BCUT2D eigenvalue weighted by Gasteiger charge is 2.36. The van der Waals surface area contributed by atoms with Crippen molar-refractivity contribution in [2.75, 3.05) is 13.1 Å². The first-order valence-electron chi connectivity index (χ1n) is 5.95. The third-order valence-electron chi connectivity index (χ3n) is 3.49. The predicted octanol–water partition coefficient (Wildman–Crippen LogP) is 0.274. The minimum absolute atomic E-state index is 0.0289. The number of nitrogens with one attached hydrogen (secondary N) is 1.